The van der Waals surface area contributed by atoms with Crippen LogP contribution in [0.4, 0.5) is 0 Å². The molecule has 2 fully saturated rings. The van der Waals surface area contributed by atoms with Gasteiger partial charge in [-0.2, -0.15) is 0 Å². The van der Waals surface area contributed by atoms with Gasteiger partial charge in [0.2, 0.25) is 0 Å². The van der Waals surface area contributed by atoms with Gasteiger partial charge in [0, 0.05) is 6.42 Å². The summed E-state index contributed by atoms with van der Waals surface area (Å²) in [5, 5.41) is 0. The highest BCUT2D eigenvalue weighted by atomic mass is 16.1. The average Bonchev–Trinajstić information content (AvgIpc) is 2.68. The Morgan fingerprint density at radius 1 is 1.40 bits per heavy atom. The summed E-state index contributed by atoms with van der Waals surface area (Å²) in [5.74, 6) is 1.08. The Bertz CT molecular complexity index is 366. The molecule has 0 aromatic carbocycles. The summed E-state index contributed by atoms with van der Waals surface area (Å²) in [6, 6.07) is 0. The van der Waals surface area contributed by atoms with Crippen molar-refractivity contribution in [3.8, 4) is 0 Å². The van der Waals surface area contributed by atoms with Crippen LogP contribution in [0.1, 0.15) is 46.5 Å². The molecule has 82 valence electrons. The van der Waals surface area contributed by atoms with Crippen molar-refractivity contribution in [3.63, 3.8) is 0 Å². The van der Waals surface area contributed by atoms with E-state index in [4.69, 9.17) is 0 Å². The molecule has 0 heterocycles. The highest BCUT2D eigenvalue weighted by Crippen LogP contribution is 2.74. The first kappa shape index (κ1) is 9.62. The summed E-state index contributed by atoms with van der Waals surface area (Å²) in [6.07, 6.45) is 8.95. The van der Waals surface area contributed by atoms with Crippen molar-refractivity contribution in [1.29, 1.82) is 0 Å². The van der Waals surface area contributed by atoms with E-state index >= 15 is 0 Å². The molecule has 0 spiro atoms. The Hall–Kier alpha value is -0.590. The first-order valence-corrected chi connectivity index (χ1v) is 6.17. The zero-order valence-corrected chi connectivity index (χ0v) is 9.97. The lowest BCUT2D eigenvalue weighted by Crippen LogP contribution is -2.41. The maximum atomic E-state index is 12.4. The van der Waals surface area contributed by atoms with Gasteiger partial charge in [-0.3, -0.25) is 4.79 Å². The molecule has 0 aromatic heterocycles. The van der Waals surface area contributed by atoms with Crippen molar-refractivity contribution in [2.45, 2.75) is 46.5 Å². The lowest BCUT2D eigenvalue weighted by Gasteiger charge is -2.43. The fourth-order valence-electron chi connectivity index (χ4n) is 4.94. The quantitative estimate of drug-likeness (QED) is 0.553. The SMILES string of the molecule is CC1CCC23CC=CC12C(=O)CC3(C)C. The van der Waals surface area contributed by atoms with Crippen LogP contribution in [-0.4, -0.2) is 5.78 Å². The molecule has 1 nitrogen and oxygen atoms in total. The van der Waals surface area contributed by atoms with Crippen LogP contribution in [0.25, 0.3) is 0 Å². The molecule has 0 radical (unpaired) electrons. The third-order valence-corrected chi connectivity index (χ3v) is 5.78. The number of hydrogen-bond donors (Lipinski definition) is 0. The molecule has 3 aliphatic carbocycles. The maximum absolute atomic E-state index is 12.4. The summed E-state index contributed by atoms with van der Waals surface area (Å²) in [7, 11) is 0. The summed E-state index contributed by atoms with van der Waals surface area (Å²) < 4.78 is 0. The van der Waals surface area contributed by atoms with Gasteiger partial charge in [-0.15, -0.1) is 0 Å². The standard InChI is InChI=1S/C14H20O/c1-10-5-8-13-6-4-7-14(10,13)11(15)9-12(13,2)3/h4,7,10H,5-6,8-9H2,1-3H3. The molecule has 15 heavy (non-hydrogen) atoms. The lowest BCUT2D eigenvalue weighted by atomic mass is 9.59. The van der Waals surface area contributed by atoms with Crippen LogP contribution in [0.5, 0.6) is 0 Å². The molecule has 1 heteroatoms. The van der Waals surface area contributed by atoms with Crippen molar-refractivity contribution in [1.82, 2.24) is 0 Å². The van der Waals surface area contributed by atoms with Crippen LogP contribution < -0.4 is 0 Å². The van der Waals surface area contributed by atoms with Gasteiger partial charge in [-0.25, -0.2) is 0 Å². The van der Waals surface area contributed by atoms with E-state index in [9.17, 15) is 4.79 Å². The minimum atomic E-state index is -0.0729. The van der Waals surface area contributed by atoms with E-state index in [1.165, 1.54) is 12.8 Å². The fraction of sp³-hybridized carbons (Fsp3) is 0.786. The molecule has 3 rings (SSSR count). The largest absolute Gasteiger partial charge is 0.299 e. The van der Waals surface area contributed by atoms with Crippen molar-refractivity contribution in [3.05, 3.63) is 12.2 Å². The van der Waals surface area contributed by atoms with Crippen molar-refractivity contribution in [2.75, 3.05) is 0 Å². The van der Waals surface area contributed by atoms with Crippen LogP contribution in [0, 0.1) is 22.2 Å². The lowest BCUT2D eigenvalue weighted by molar-refractivity contribution is -0.127. The summed E-state index contributed by atoms with van der Waals surface area (Å²) in [6.45, 7) is 6.88. The minimum Gasteiger partial charge on any atom is -0.299 e. The monoisotopic (exact) mass is 204 g/mol. The summed E-state index contributed by atoms with van der Waals surface area (Å²) in [5.41, 5.74) is 0.408. The molecule has 0 aliphatic heterocycles. The number of hydrogen-bond acceptors (Lipinski definition) is 1. The van der Waals surface area contributed by atoms with Crippen LogP contribution in [-0.2, 0) is 4.79 Å². The third-order valence-electron chi connectivity index (χ3n) is 5.78. The smallest absolute Gasteiger partial charge is 0.144 e. The van der Waals surface area contributed by atoms with Gasteiger partial charge in [0.1, 0.15) is 5.78 Å². The fourth-order valence-corrected chi connectivity index (χ4v) is 4.94. The molecule has 3 atom stereocenters. The molecule has 0 saturated heterocycles. The van der Waals surface area contributed by atoms with E-state index in [0.717, 1.165) is 12.8 Å². The Kier molecular flexibility index (Phi) is 1.53. The van der Waals surface area contributed by atoms with E-state index < -0.39 is 0 Å². The zero-order chi connectivity index (χ0) is 10.9. The maximum Gasteiger partial charge on any atom is 0.144 e. The molecule has 3 aliphatic rings. The summed E-state index contributed by atoms with van der Waals surface area (Å²) in [4.78, 5) is 12.4. The average molecular weight is 204 g/mol. The van der Waals surface area contributed by atoms with E-state index in [-0.39, 0.29) is 16.2 Å². The Balaban J connectivity index is 2.25. The first-order valence-electron chi connectivity index (χ1n) is 6.17. The van der Waals surface area contributed by atoms with E-state index in [0.29, 0.717) is 11.7 Å². The zero-order valence-electron chi connectivity index (χ0n) is 9.97. The number of rotatable bonds is 0. The Morgan fingerprint density at radius 2 is 2.13 bits per heavy atom. The van der Waals surface area contributed by atoms with E-state index in [1.54, 1.807) is 0 Å². The summed E-state index contributed by atoms with van der Waals surface area (Å²) >= 11 is 0. The number of carbonyl (C=O) groups is 1. The van der Waals surface area contributed by atoms with Crippen molar-refractivity contribution >= 4 is 5.78 Å². The normalized spacial score (nSPS) is 50.9. The molecule has 2 saturated carbocycles. The molecule has 0 amide bonds. The molecular weight excluding hydrogens is 184 g/mol. The van der Waals surface area contributed by atoms with Gasteiger partial charge in [-0.05, 0) is 36.0 Å². The van der Waals surface area contributed by atoms with Gasteiger partial charge in [0.15, 0.2) is 0 Å². The van der Waals surface area contributed by atoms with Gasteiger partial charge in [0.05, 0.1) is 5.41 Å². The number of ketones is 1. The van der Waals surface area contributed by atoms with E-state index in [2.05, 4.69) is 32.9 Å². The van der Waals surface area contributed by atoms with Crippen LogP contribution in [0.2, 0.25) is 0 Å². The van der Waals surface area contributed by atoms with Crippen LogP contribution >= 0.6 is 0 Å². The van der Waals surface area contributed by atoms with Gasteiger partial charge in [0.25, 0.3) is 0 Å². The molecule has 0 N–H and O–H groups in total. The number of allylic oxidation sites excluding steroid dienone is 2. The predicted octanol–water partition coefficient (Wildman–Crippen LogP) is 3.35. The minimum absolute atomic E-state index is 0.0729. The van der Waals surface area contributed by atoms with Crippen molar-refractivity contribution < 1.29 is 4.79 Å². The predicted molar refractivity (Wildman–Crippen MR) is 60.4 cm³/mol. The molecule has 0 aromatic rings. The Morgan fingerprint density at radius 3 is 2.80 bits per heavy atom. The van der Waals surface area contributed by atoms with Crippen molar-refractivity contribution in [2.24, 2.45) is 22.2 Å². The highest BCUT2D eigenvalue weighted by molar-refractivity contribution is 5.93. The topological polar surface area (TPSA) is 17.1 Å². The second kappa shape index (κ2) is 2.39. The first-order chi connectivity index (χ1) is 6.96. The highest BCUT2D eigenvalue weighted by Gasteiger charge is 2.72. The van der Waals surface area contributed by atoms with Gasteiger partial charge < -0.3 is 0 Å². The Labute approximate surface area is 91.9 Å². The van der Waals surface area contributed by atoms with E-state index in [1.807, 2.05) is 0 Å². The van der Waals surface area contributed by atoms with Gasteiger partial charge in [-0.1, -0.05) is 32.9 Å². The van der Waals surface area contributed by atoms with Crippen LogP contribution in [0.15, 0.2) is 12.2 Å². The number of Topliss-reactive ketones (excluding diaryl/α,β-unsaturated/α-hetero) is 1. The third kappa shape index (κ3) is 0.745. The second-order valence-electron chi connectivity index (χ2n) is 6.48. The van der Waals surface area contributed by atoms with Crippen LogP contribution in [0.3, 0.4) is 0 Å². The molecule has 3 unspecified atom stereocenters. The second-order valence-corrected chi connectivity index (χ2v) is 6.48. The number of carbonyl (C=O) groups excluding carboxylic acids is 1. The van der Waals surface area contributed by atoms with Gasteiger partial charge >= 0.3 is 0 Å². The molecular formula is C14H20O. The molecule has 0 bridgehead atoms.